The van der Waals surface area contributed by atoms with Gasteiger partial charge in [-0.25, -0.2) is 4.79 Å². The van der Waals surface area contributed by atoms with Crippen LogP contribution in [0.3, 0.4) is 0 Å². The number of carbonyl (C=O) groups is 2. The van der Waals surface area contributed by atoms with Gasteiger partial charge in [0, 0.05) is 25.7 Å². The number of nitrogens with one attached hydrogen (secondary N) is 1. The molecular formula is C11H21N3O3. The zero-order valence-electron chi connectivity index (χ0n) is 10.6. The minimum atomic E-state index is -1.00. The molecule has 1 heterocycles. The quantitative estimate of drug-likeness (QED) is 0.742. The molecule has 0 saturated carbocycles. The Kier molecular flexibility index (Phi) is 4.74. The summed E-state index contributed by atoms with van der Waals surface area (Å²) in [6.45, 7) is 2.81. The highest BCUT2D eigenvalue weighted by molar-refractivity contribution is 5.79. The van der Waals surface area contributed by atoms with Gasteiger partial charge in [-0.15, -0.1) is 0 Å². The van der Waals surface area contributed by atoms with E-state index in [-0.39, 0.29) is 18.6 Å². The second-order valence-electron chi connectivity index (χ2n) is 4.75. The Labute approximate surface area is 102 Å². The van der Waals surface area contributed by atoms with Crippen LogP contribution in [0.25, 0.3) is 0 Å². The predicted octanol–water partition coefficient (Wildman–Crippen LogP) is 0.195. The van der Waals surface area contributed by atoms with E-state index in [1.165, 1.54) is 11.9 Å². The van der Waals surface area contributed by atoms with Crippen LogP contribution >= 0.6 is 0 Å². The van der Waals surface area contributed by atoms with Crippen molar-refractivity contribution >= 4 is 12.0 Å². The SMILES string of the molecule is CC1CC(NC(=O)N(C)CC(=O)O)CCN1C. The van der Waals surface area contributed by atoms with Crippen molar-refractivity contribution in [3.8, 4) is 0 Å². The summed E-state index contributed by atoms with van der Waals surface area (Å²) in [5, 5.41) is 11.5. The molecule has 2 unspecified atom stereocenters. The number of carbonyl (C=O) groups excluding carboxylic acids is 1. The van der Waals surface area contributed by atoms with Gasteiger partial charge in [-0.3, -0.25) is 4.79 Å². The Morgan fingerprint density at radius 3 is 2.71 bits per heavy atom. The first kappa shape index (κ1) is 13.8. The van der Waals surface area contributed by atoms with Crippen LogP contribution in [0.15, 0.2) is 0 Å². The minimum Gasteiger partial charge on any atom is -0.480 e. The average Bonchev–Trinajstić information content (AvgIpc) is 2.22. The molecule has 98 valence electrons. The number of likely N-dealkylation sites (tertiary alicyclic amines) is 1. The first-order valence-electron chi connectivity index (χ1n) is 5.83. The molecule has 2 amide bonds. The van der Waals surface area contributed by atoms with Crippen molar-refractivity contribution in [3.05, 3.63) is 0 Å². The van der Waals surface area contributed by atoms with E-state index >= 15 is 0 Å². The summed E-state index contributed by atoms with van der Waals surface area (Å²) < 4.78 is 0. The summed E-state index contributed by atoms with van der Waals surface area (Å²) in [5.41, 5.74) is 0. The van der Waals surface area contributed by atoms with Crippen molar-refractivity contribution in [2.24, 2.45) is 0 Å². The molecule has 1 rings (SSSR count). The Bertz CT molecular complexity index is 296. The van der Waals surface area contributed by atoms with E-state index in [9.17, 15) is 9.59 Å². The lowest BCUT2D eigenvalue weighted by atomic mass is 9.99. The number of rotatable bonds is 3. The van der Waals surface area contributed by atoms with Crippen molar-refractivity contribution in [2.75, 3.05) is 27.2 Å². The molecule has 6 nitrogen and oxygen atoms in total. The van der Waals surface area contributed by atoms with Gasteiger partial charge in [0.05, 0.1) is 0 Å². The molecule has 1 aliphatic heterocycles. The summed E-state index contributed by atoms with van der Waals surface area (Å²) in [6, 6.07) is 0.276. The van der Waals surface area contributed by atoms with Crippen molar-refractivity contribution in [3.63, 3.8) is 0 Å². The number of hydrogen-bond donors (Lipinski definition) is 2. The van der Waals surface area contributed by atoms with Crippen LogP contribution < -0.4 is 5.32 Å². The third-order valence-corrected chi connectivity index (χ3v) is 3.26. The molecule has 0 aromatic heterocycles. The summed E-state index contributed by atoms with van der Waals surface area (Å²) >= 11 is 0. The molecule has 17 heavy (non-hydrogen) atoms. The lowest BCUT2D eigenvalue weighted by Gasteiger charge is -2.35. The molecule has 0 aliphatic carbocycles. The fraction of sp³-hybridized carbons (Fsp3) is 0.818. The summed E-state index contributed by atoms with van der Waals surface area (Å²) in [4.78, 5) is 25.6. The third-order valence-electron chi connectivity index (χ3n) is 3.26. The second kappa shape index (κ2) is 5.86. The van der Waals surface area contributed by atoms with Crippen LogP contribution in [-0.4, -0.2) is 66.2 Å². The third kappa shape index (κ3) is 4.22. The maximum Gasteiger partial charge on any atom is 0.323 e. The van der Waals surface area contributed by atoms with Gasteiger partial charge in [0.15, 0.2) is 0 Å². The van der Waals surface area contributed by atoms with Gasteiger partial charge in [-0.1, -0.05) is 0 Å². The molecule has 1 saturated heterocycles. The Hall–Kier alpha value is -1.30. The van der Waals surface area contributed by atoms with E-state index in [1.807, 2.05) is 0 Å². The molecule has 2 N–H and O–H groups in total. The molecule has 2 atom stereocenters. The molecule has 0 bridgehead atoms. The number of hydrogen-bond acceptors (Lipinski definition) is 3. The molecule has 1 aliphatic rings. The normalized spacial score (nSPS) is 25.4. The van der Waals surface area contributed by atoms with Crippen molar-refractivity contribution in [1.29, 1.82) is 0 Å². The standard InChI is InChI=1S/C11H21N3O3/c1-8-6-9(4-5-13(8)2)12-11(17)14(3)7-10(15)16/h8-9H,4-7H2,1-3H3,(H,12,17)(H,15,16). The van der Waals surface area contributed by atoms with Gasteiger partial charge >= 0.3 is 12.0 Å². The Balaban J connectivity index is 2.38. The van der Waals surface area contributed by atoms with Crippen molar-refractivity contribution in [1.82, 2.24) is 15.1 Å². The number of nitrogens with zero attached hydrogens (tertiary/aromatic N) is 2. The second-order valence-corrected chi connectivity index (χ2v) is 4.75. The number of carboxylic acids is 1. The summed E-state index contributed by atoms with van der Waals surface area (Å²) in [6.07, 6.45) is 1.82. The molecule has 0 aromatic rings. The Morgan fingerprint density at radius 1 is 1.53 bits per heavy atom. The maximum absolute atomic E-state index is 11.7. The van der Waals surface area contributed by atoms with Gasteiger partial charge in [-0.2, -0.15) is 0 Å². The number of amides is 2. The number of urea groups is 1. The molecule has 0 aromatic carbocycles. The van der Waals surface area contributed by atoms with Gasteiger partial charge in [0.25, 0.3) is 0 Å². The van der Waals surface area contributed by atoms with Crippen LogP contribution in [0, 0.1) is 0 Å². The van der Waals surface area contributed by atoms with Gasteiger partial charge in [0.2, 0.25) is 0 Å². The predicted molar refractivity (Wildman–Crippen MR) is 63.9 cm³/mol. The maximum atomic E-state index is 11.7. The molecular weight excluding hydrogens is 222 g/mol. The van der Waals surface area contributed by atoms with E-state index in [2.05, 4.69) is 24.2 Å². The topological polar surface area (TPSA) is 72.9 Å². The minimum absolute atomic E-state index is 0.143. The fourth-order valence-corrected chi connectivity index (χ4v) is 1.98. The van der Waals surface area contributed by atoms with Gasteiger partial charge in [0.1, 0.15) is 6.54 Å². The highest BCUT2D eigenvalue weighted by atomic mass is 16.4. The smallest absolute Gasteiger partial charge is 0.323 e. The van der Waals surface area contributed by atoms with E-state index in [0.717, 1.165) is 19.4 Å². The first-order chi connectivity index (χ1) is 7.90. The zero-order chi connectivity index (χ0) is 13.0. The summed E-state index contributed by atoms with van der Waals surface area (Å²) in [5.74, 6) is -1.00. The number of likely N-dealkylation sites (N-methyl/N-ethyl adjacent to an activating group) is 1. The van der Waals surface area contributed by atoms with Crippen molar-refractivity contribution in [2.45, 2.75) is 31.8 Å². The summed E-state index contributed by atoms with van der Waals surface area (Å²) in [7, 11) is 3.56. The average molecular weight is 243 g/mol. The molecule has 1 fully saturated rings. The largest absolute Gasteiger partial charge is 0.480 e. The number of aliphatic carboxylic acids is 1. The molecule has 0 radical (unpaired) electrons. The van der Waals surface area contributed by atoms with E-state index < -0.39 is 5.97 Å². The van der Waals surface area contributed by atoms with Gasteiger partial charge < -0.3 is 20.2 Å². The highest BCUT2D eigenvalue weighted by Gasteiger charge is 2.25. The van der Waals surface area contributed by atoms with Crippen LogP contribution in [0.4, 0.5) is 4.79 Å². The van der Waals surface area contributed by atoms with Crippen molar-refractivity contribution < 1.29 is 14.7 Å². The lowest BCUT2D eigenvalue weighted by Crippen LogP contribution is -2.50. The molecule has 6 heteroatoms. The van der Waals surface area contributed by atoms with Crippen LogP contribution in [0.5, 0.6) is 0 Å². The lowest BCUT2D eigenvalue weighted by molar-refractivity contribution is -0.137. The number of piperidine rings is 1. The monoisotopic (exact) mass is 243 g/mol. The van der Waals surface area contributed by atoms with E-state index in [1.54, 1.807) is 0 Å². The van der Waals surface area contributed by atoms with E-state index in [4.69, 9.17) is 5.11 Å². The van der Waals surface area contributed by atoms with Gasteiger partial charge in [-0.05, 0) is 26.8 Å². The van der Waals surface area contributed by atoms with Crippen LogP contribution in [0.1, 0.15) is 19.8 Å². The van der Waals surface area contributed by atoms with E-state index in [0.29, 0.717) is 6.04 Å². The molecule has 0 spiro atoms. The highest BCUT2D eigenvalue weighted by Crippen LogP contribution is 2.15. The van der Waals surface area contributed by atoms with Crippen LogP contribution in [-0.2, 0) is 4.79 Å². The fourth-order valence-electron chi connectivity index (χ4n) is 1.98. The zero-order valence-corrected chi connectivity index (χ0v) is 10.6. The number of carboxylic acid groups (broad SMARTS) is 1. The Morgan fingerprint density at radius 2 is 2.18 bits per heavy atom. The van der Waals surface area contributed by atoms with Crippen LogP contribution in [0.2, 0.25) is 0 Å². The first-order valence-corrected chi connectivity index (χ1v) is 5.83.